The van der Waals surface area contributed by atoms with Crippen LogP contribution in [0.25, 0.3) is 0 Å². The van der Waals surface area contributed by atoms with Crippen molar-refractivity contribution < 1.29 is 0 Å². The first-order chi connectivity index (χ1) is 9.02. The van der Waals surface area contributed by atoms with Crippen LogP contribution in [0.1, 0.15) is 93.9 Å². The molecule has 0 radical (unpaired) electrons. The molecule has 0 aromatic heterocycles. The molecule has 1 fully saturated rings. The third kappa shape index (κ3) is 1.93. The van der Waals surface area contributed by atoms with Gasteiger partial charge in [-0.2, -0.15) is 0 Å². The molecule has 0 nitrogen and oxygen atoms in total. The van der Waals surface area contributed by atoms with E-state index in [1.807, 2.05) is 5.57 Å². The van der Waals surface area contributed by atoms with Crippen LogP contribution in [0.2, 0.25) is 0 Å². The van der Waals surface area contributed by atoms with Crippen LogP contribution in [0.5, 0.6) is 0 Å². The Morgan fingerprint density at radius 2 is 1.40 bits per heavy atom. The molecule has 2 atom stereocenters. The Morgan fingerprint density at radius 1 is 0.900 bits per heavy atom. The van der Waals surface area contributed by atoms with Gasteiger partial charge in [0, 0.05) is 0 Å². The molecular formula is C20H36. The molecule has 2 rings (SSSR count). The summed E-state index contributed by atoms with van der Waals surface area (Å²) in [4.78, 5) is 0. The fourth-order valence-electron chi connectivity index (χ4n) is 5.42. The van der Waals surface area contributed by atoms with Crippen LogP contribution < -0.4 is 0 Å². The van der Waals surface area contributed by atoms with Crippen molar-refractivity contribution in [2.45, 2.75) is 93.9 Å². The fraction of sp³-hybridized carbons (Fsp3) is 0.900. The van der Waals surface area contributed by atoms with Gasteiger partial charge in [-0.15, -0.1) is 0 Å². The van der Waals surface area contributed by atoms with Crippen molar-refractivity contribution in [1.29, 1.82) is 0 Å². The highest BCUT2D eigenvalue weighted by molar-refractivity contribution is 5.41. The first-order valence-electron chi connectivity index (χ1n) is 8.72. The van der Waals surface area contributed by atoms with Crippen molar-refractivity contribution in [3.8, 4) is 0 Å². The molecular weight excluding hydrogens is 240 g/mol. The van der Waals surface area contributed by atoms with Crippen molar-refractivity contribution >= 4 is 0 Å². The molecule has 2 aliphatic carbocycles. The lowest BCUT2D eigenvalue weighted by molar-refractivity contribution is 0.105. The number of allylic oxidation sites excluding steroid dienone is 2. The van der Waals surface area contributed by atoms with Gasteiger partial charge in [-0.05, 0) is 60.7 Å². The van der Waals surface area contributed by atoms with E-state index in [4.69, 9.17) is 0 Å². The Balaban J connectivity index is 2.53. The van der Waals surface area contributed by atoms with E-state index in [-0.39, 0.29) is 0 Å². The largest absolute Gasteiger partial charge is 0.0668 e. The molecule has 0 heterocycles. The minimum atomic E-state index is 0.401. The lowest BCUT2D eigenvalue weighted by Gasteiger charge is -2.44. The van der Waals surface area contributed by atoms with Crippen LogP contribution >= 0.6 is 0 Å². The minimum absolute atomic E-state index is 0.401. The number of unbranched alkanes of at least 4 members (excludes halogenated alkanes) is 1. The Labute approximate surface area is 127 Å². The summed E-state index contributed by atoms with van der Waals surface area (Å²) in [5.41, 5.74) is 5.40. The van der Waals surface area contributed by atoms with Gasteiger partial charge >= 0.3 is 0 Å². The lowest BCUT2D eigenvalue weighted by atomic mass is 9.61. The van der Waals surface area contributed by atoms with Gasteiger partial charge in [-0.1, -0.05) is 66.0 Å². The summed E-state index contributed by atoms with van der Waals surface area (Å²) in [6, 6.07) is 0. The molecule has 2 aliphatic rings. The van der Waals surface area contributed by atoms with Gasteiger partial charge < -0.3 is 0 Å². The van der Waals surface area contributed by atoms with Gasteiger partial charge in [0.2, 0.25) is 0 Å². The Kier molecular flexibility index (Phi) is 3.72. The van der Waals surface area contributed by atoms with E-state index in [1.54, 1.807) is 5.57 Å². The predicted octanol–water partition coefficient (Wildman–Crippen LogP) is 6.76. The van der Waals surface area contributed by atoms with Crippen LogP contribution in [-0.2, 0) is 0 Å². The summed E-state index contributed by atoms with van der Waals surface area (Å²) in [7, 11) is 0. The molecule has 0 saturated heterocycles. The molecule has 2 unspecified atom stereocenters. The number of hydrogen-bond donors (Lipinski definition) is 0. The van der Waals surface area contributed by atoms with Crippen molar-refractivity contribution in [2.24, 2.45) is 21.7 Å². The molecule has 2 bridgehead atoms. The molecule has 20 heavy (non-hydrogen) atoms. The van der Waals surface area contributed by atoms with E-state index in [2.05, 4.69) is 55.4 Å². The molecule has 0 heteroatoms. The fourth-order valence-corrected chi connectivity index (χ4v) is 5.42. The SMILES string of the molecule is CCCCC1=C(C)C2(C(C)(C)C)CCC1(C(C)(C)C)C2. The maximum absolute atomic E-state index is 2.48. The van der Waals surface area contributed by atoms with Gasteiger partial charge in [-0.25, -0.2) is 0 Å². The standard InChI is InChI=1S/C20H36/c1-9-10-11-16-15(2)19(17(3,4)5)12-13-20(16,14-19)18(6,7)8/h9-14H2,1-8H3. The second-order valence-corrected chi connectivity index (χ2v) is 9.55. The lowest BCUT2D eigenvalue weighted by Crippen LogP contribution is -2.34. The smallest absolute Gasteiger partial charge is 0.00280 e. The summed E-state index contributed by atoms with van der Waals surface area (Å²) in [5, 5.41) is 0. The monoisotopic (exact) mass is 276 g/mol. The number of fused-ring (bicyclic) bond motifs is 2. The highest BCUT2D eigenvalue weighted by atomic mass is 14.7. The predicted molar refractivity (Wildman–Crippen MR) is 89.9 cm³/mol. The molecule has 0 aromatic rings. The highest BCUT2D eigenvalue weighted by Crippen LogP contribution is 2.74. The molecule has 0 amide bonds. The third-order valence-electron chi connectivity index (χ3n) is 6.98. The van der Waals surface area contributed by atoms with Crippen molar-refractivity contribution in [3.05, 3.63) is 11.1 Å². The zero-order valence-electron chi connectivity index (χ0n) is 15.2. The highest BCUT2D eigenvalue weighted by Gasteiger charge is 2.64. The van der Waals surface area contributed by atoms with Crippen LogP contribution in [0, 0.1) is 21.7 Å². The summed E-state index contributed by atoms with van der Waals surface area (Å²) in [5.74, 6) is 0. The normalized spacial score (nSPS) is 34.2. The van der Waals surface area contributed by atoms with Crippen molar-refractivity contribution in [3.63, 3.8) is 0 Å². The molecule has 116 valence electrons. The summed E-state index contributed by atoms with van der Waals surface area (Å²) < 4.78 is 0. The zero-order chi connectivity index (χ0) is 15.4. The van der Waals surface area contributed by atoms with Gasteiger partial charge in [0.05, 0.1) is 0 Å². The van der Waals surface area contributed by atoms with Crippen LogP contribution in [-0.4, -0.2) is 0 Å². The second kappa shape index (κ2) is 4.62. The van der Waals surface area contributed by atoms with Crippen molar-refractivity contribution in [1.82, 2.24) is 0 Å². The molecule has 0 aromatic carbocycles. The van der Waals surface area contributed by atoms with Gasteiger partial charge in [-0.3, -0.25) is 0 Å². The minimum Gasteiger partial charge on any atom is -0.0668 e. The first-order valence-corrected chi connectivity index (χ1v) is 8.72. The topological polar surface area (TPSA) is 0 Å². The summed E-state index contributed by atoms with van der Waals surface area (Å²) in [6.45, 7) is 19.7. The first kappa shape index (κ1) is 16.1. The maximum atomic E-state index is 2.48. The van der Waals surface area contributed by atoms with E-state index in [0.29, 0.717) is 21.7 Å². The van der Waals surface area contributed by atoms with Crippen LogP contribution in [0.3, 0.4) is 0 Å². The molecule has 0 spiro atoms. The van der Waals surface area contributed by atoms with Gasteiger partial charge in [0.1, 0.15) is 0 Å². The van der Waals surface area contributed by atoms with E-state index in [0.717, 1.165) is 0 Å². The van der Waals surface area contributed by atoms with Crippen molar-refractivity contribution in [2.75, 3.05) is 0 Å². The van der Waals surface area contributed by atoms with Gasteiger partial charge in [0.15, 0.2) is 0 Å². The second-order valence-electron chi connectivity index (χ2n) is 9.55. The third-order valence-corrected chi connectivity index (χ3v) is 6.98. The van der Waals surface area contributed by atoms with E-state index in [1.165, 1.54) is 38.5 Å². The Morgan fingerprint density at radius 3 is 1.85 bits per heavy atom. The molecule has 0 aliphatic heterocycles. The quantitative estimate of drug-likeness (QED) is 0.500. The Hall–Kier alpha value is -0.260. The summed E-state index contributed by atoms with van der Waals surface area (Å²) >= 11 is 0. The van der Waals surface area contributed by atoms with Crippen LogP contribution in [0.15, 0.2) is 11.1 Å². The van der Waals surface area contributed by atoms with Gasteiger partial charge in [0.25, 0.3) is 0 Å². The molecule has 0 N–H and O–H groups in total. The molecule has 1 saturated carbocycles. The number of hydrogen-bond acceptors (Lipinski definition) is 0. The van der Waals surface area contributed by atoms with E-state index >= 15 is 0 Å². The Bertz CT molecular complexity index is 412. The zero-order valence-corrected chi connectivity index (χ0v) is 15.2. The van der Waals surface area contributed by atoms with E-state index in [9.17, 15) is 0 Å². The van der Waals surface area contributed by atoms with E-state index < -0.39 is 0 Å². The summed E-state index contributed by atoms with van der Waals surface area (Å²) in [6.07, 6.45) is 8.28. The number of rotatable bonds is 3. The average molecular weight is 277 g/mol. The van der Waals surface area contributed by atoms with Crippen LogP contribution in [0.4, 0.5) is 0 Å². The maximum Gasteiger partial charge on any atom is -0.00280 e. The average Bonchev–Trinajstić information content (AvgIpc) is 2.80.